The van der Waals surface area contributed by atoms with E-state index in [0.29, 0.717) is 16.7 Å². The summed E-state index contributed by atoms with van der Waals surface area (Å²) in [5.41, 5.74) is 34.9. The summed E-state index contributed by atoms with van der Waals surface area (Å²) < 4.78 is 42.7. The number of nitrogens with one attached hydrogen (secondary N) is 6. The number of carboxylic acid groups (broad SMARTS) is 2. The number of carboxylic acids is 2. The zero-order valence-electron chi connectivity index (χ0n) is 67.4. The third-order valence-electron chi connectivity index (χ3n) is 18.1. The number of nitrogen functional groups attached to an aromatic ring is 1. The number of carbonyl (C=O) groups excluding carboxylic acids is 13. The topological polar surface area (TPSA) is 610 Å². The average molecular weight is 1650 g/mol. The molecular weight excluding hydrogens is 1530 g/mol. The Balaban J connectivity index is 0.00000621. The Morgan fingerprint density at radius 3 is 1.57 bits per heavy atom. The molecule has 11 amide bonds. The number of anilines is 1. The summed E-state index contributed by atoms with van der Waals surface area (Å²) in [4.78, 5) is 220. The predicted molar refractivity (Wildman–Crippen MR) is 414 cm³/mol. The van der Waals surface area contributed by atoms with Crippen LogP contribution in [0.3, 0.4) is 0 Å². The van der Waals surface area contributed by atoms with Gasteiger partial charge in [-0.1, -0.05) is 162 Å². The Kier molecular flexibility index (Phi) is 40.5. The molecule has 39 heteroatoms. The van der Waals surface area contributed by atoms with Crippen LogP contribution in [0.4, 0.5) is 28.4 Å². The number of Topliss-reactive ketones (excluding diaryl/α,β-unsaturated/α-hetero) is 2. The quantitative estimate of drug-likeness (QED) is 0.0212. The van der Waals surface area contributed by atoms with Crippen LogP contribution in [-0.2, 0) is 91.4 Å². The van der Waals surface area contributed by atoms with Gasteiger partial charge in [0.15, 0.2) is 17.1 Å². The van der Waals surface area contributed by atoms with Crippen LogP contribution in [0.25, 0.3) is 0 Å². The number of ether oxygens (including phenoxy) is 2. The molecule has 0 radical (unpaired) electrons. The normalized spacial score (nSPS) is 15.5. The summed E-state index contributed by atoms with van der Waals surface area (Å²) in [5, 5.41) is 63.1. The maximum absolute atomic E-state index is 18.2. The molecule has 3 aromatic carbocycles. The Labute approximate surface area is 670 Å². The minimum absolute atomic E-state index is 0.0360. The number of alkyl halides is 3. The first kappa shape index (κ1) is 101. The summed E-state index contributed by atoms with van der Waals surface area (Å²) in [5.74, 6) is -27.7. The number of primary amides is 1. The van der Waals surface area contributed by atoms with Crippen LogP contribution >= 0.6 is 0 Å². The summed E-state index contributed by atoms with van der Waals surface area (Å²) in [7, 11) is 0. The van der Waals surface area contributed by atoms with E-state index in [2.05, 4.69) is 26.6 Å². The number of alkyl carbamates (subject to hydrolysis) is 2. The van der Waals surface area contributed by atoms with Crippen molar-refractivity contribution < 1.29 is 120 Å². The molecule has 2 unspecified atom stereocenters. The van der Waals surface area contributed by atoms with Crippen molar-refractivity contribution in [3.63, 3.8) is 0 Å². The molecule has 0 bridgehead atoms. The number of aliphatic carboxylic acids is 2. The first-order valence-corrected chi connectivity index (χ1v) is 37.3. The Hall–Kier alpha value is -10.6. The van der Waals surface area contributed by atoms with Crippen molar-refractivity contribution in [3.05, 3.63) is 102 Å². The van der Waals surface area contributed by atoms with Crippen molar-refractivity contribution in [1.29, 1.82) is 0 Å². The Morgan fingerprint density at radius 2 is 1.11 bits per heavy atom. The largest absolute Gasteiger partial charge is 0.490 e. The standard InChI is InChI=1S/C75H114N14O20.C2HF3O2/c1-14-42(6)59(65(99)87-58(43(7)91)64(98)83-36-55(93)84-51(33-54(80)92)63(97)85-53(37-90)69(103)104)88(66(100)48(77)29-22-30-82-71(106)108-38-44-23-17-15-18-24-44)70(105)75(62(96)50(79)34-73(8,9)10,56(40(2)3)61(95)49(78)32-46-27-21-28-47(76)31-46)89(68(102)57(81)60(94)41(4)5)67(101)52(35-74(11,12)13)86-72(107)109-39-45-25-19-16-20-26-45;3-2(4,5)1(6)7/h15-21,23-28,31,40-43,48-53,56-60,90-91,94H,14,22,29-30,32-39,76-79,81H2,1-13H3,(H2,80,92)(H,82,106)(H,83,98)(H,84,93)(H,85,97)(H,86,107)(H,87,99)(H,103,104);(H,6,7)/t42?,43-,48+,49-,50-,51-,52+,53-,56?,57-,58-,59-,60+,75+;/m0./s1. The number of aliphatic hydroxyl groups excluding tert-OH is 3. The summed E-state index contributed by atoms with van der Waals surface area (Å²) >= 11 is 0. The number of nitrogens with zero attached hydrogens (tertiary/aromatic N) is 2. The van der Waals surface area contributed by atoms with Gasteiger partial charge in [-0.15, -0.1) is 0 Å². The van der Waals surface area contributed by atoms with E-state index in [1.54, 1.807) is 108 Å². The van der Waals surface area contributed by atoms with E-state index in [1.807, 2.05) is 5.32 Å². The highest BCUT2D eigenvalue weighted by molar-refractivity contribution is 6.25. The lowest BCUT2D eigenvalue weighted by molar-refractivity contribution is -0.192. The minimum Gasteiger partial charge on any atom is -0.480 e. The molecule has 116 heavy (non-hydrogen) atoms. The number of amides is 11. The molecule has 0 aromatic heterocycles. The van der Waals surface area contributed by atoms with Gasteiger partial charge in [-0.25, -0.2) is 19.2 Å². The number of aliphatic hydroxyl groups is 3. The van der Waals surface area contributed by atoms with E-state index in [1.165, 1.54) is 59.7 Å². The van der Waals surface area contributed by atoms with Crippen LogP contribution < -0.4 is 66.3 Å². The van der Waals surface area contributed by atoms with Crippen LogP contribution in [0.5, 0.6) is 0 Å². The molecule has 14 atom stereocenters. The minimum atomic E-state index is -5.08. The number of nitrogens with two attached hydrogens (primary N) is 6. The number of rotatable bonds is 42. The van der Waals surface area contributed by atoms with Gasteiger partial charge in [0.05, 0.1) is 55.8 Å². The molecular formula is C77H115F3N14O22. The van der Waals surface area contributed by atoms with Gasteiger partial charge >= 0.3 is 30.3 Å². The molecule has 0 aliphatic rings. The lowest BCUT2D eigenvalue weighted by Crippen LogP contribution is -2.80. The number of carbonyl (C=O) groups is 15. The summed E-state index contributed by atoms with van der Waals surface area (Å²) in [6.45, 7) is 15.8. The summed E-state index contributed by atoms with van der Waals surface area (Å²) in [6, 6.07) is 3.85. The SMILES string of the molecule is CCC(C)[C@@H](C(=O)N[C@H](C(=O)NCC(=O)N[C@@H](CC(N)=O)C(=O)N[C@@H](CO)C(=O)O)[C@H](C)O)N(C(=O)[C@H](N)CCCNC(=O)OCc1ccccc1)C(=O)[C@](C(=O)[C@@H](N)CC(C)(C)C)(C(C(=O)[C@@H](N)Cc1cccc(N)c1)C(C)C)N(C(=O)[C@@H](N)[C@H](O)C(C)C)C(=O)[C@@H](CC(C)(C)C)NC(=O)OCc1ccccc1.O=C(O)C(F)(F)F. The lowest BCUT2D eigenvalue weighted by atomic mass is 9.65. The zero-order chi connectivity index (χ0) is 88.8. The summed E-state index contributed by atoms with van der Waals surface area (Å²) in [6.07, 6.45) is -14.7. The van der Waals surface area contributed by atoms with Gasteiger partial charge in [0.1, 0.15) is 49.5 Å². The van der Waals surface area contributed by atoms with Crippen LogP contribution in [-0.4, -0.2) is 222 Å². The Bertz CT molecular complexity index is 3860. The van der Waals surface area contributed by atoms with Crippen molar-refractivity contribution in [3.8, 4) is 0 Å². The molecule has 0 spiro atoms. The van der Waals surface area contributed by atoms with Gasteiger partial charge in [-0.3, -0.25) is 62.5 Å². The fourth-order valence-electron chi connectivity index (χ4n) is 12.2. The van der Waals surface area contributed by atoms with Gasteiger partial charge in [-0.05, 0) is 96.4 Å². The predicted octanol–water partition coefficient (Wildman–Crippen LogP) is 0.823. The van der Waals surface area contributed by atoms with E-state index in [-0.39, 0.29) is 41.5 Å². The van der Waals surface area contributed by atoms with Gasteiger partial charge in [0, 0.05) is 12.2 Å². The Morgan fingerprint density at radius 1 is 0.586 bits per heavy atom. The van der Waals surface area contributed by atoms with E-state index < -0.39 is 254 Å². The van der Waals surface area contributed by atoms with Gasteiger partial charge in [-0.2, -0.15) is 13.2 Å². The van der Waals surface area contributed by atoms with Crippen molar-refractivity contribution >= 4 is 94.5 Å². The molecule has 0 fully saturated rings. The smallest absolute Gasteiger partial charge is 0.480 e. The van der Waals surface area contributed by atoms with E-state index >= 15 is 33.6 Å². The molecule has 3 aromatic rings. The van der Waals surface area contributed by atoms with Crippen molar-refractivity contribution in [2.75, 3.05) is 25.4 Å². The van der Waals surface area contributed by atoms with Crippen LogP contribution in [0.1, 0.15) is 145 Å². The fraction of sp³-hybridized carbons (Fsp3) is 0.571. The van der Waals surface area contributed by atoms with Crippen molar-refractivity contribution in [2.45, 2.75) is 226 Å². The molecule has 36 nitrogen and oxygen atoms in total. The van der Waals surface area contributed by atoms with E-state index in [0.717, 1.165) is 6.92 Å². The first-order valence-electron chi connectivity index (χ1n) is 37.3. The number of hydrogen-bond donors (Lipinski definition) is 17. The second-order valence-corrected chi connectivity index (χ2v) is 31.2. The third-order valence-corrected chi connectivity index (χ3v) is 18.1. The number of halogens is 3. The van der Waals surface area contributed by atoms with Crippen molar-refractivity contribution in [2.24, 2.45) is 63.2 Å². The molecule has 0 aliphatic carbocycles. The zero-order valence-corrected chi connectivity index (χ0v) is 67.4. The molecule has 0 heterocycles. The average Bonchev–Trinajstić information content (AvgIpc) is 0.708. The number of ketones is 2. The van der Waals surface area contributed by atoms with Gasteiger partial charge in [0.2, 0.25) is 41.4 Å². The maximum atomic E-state index is 18.2. The third kappa shape index (κ3) is 31.6. The van der Waals surface area contributed by atoms with Crippen LogP contribution in [0.15, 0.2) is 84.9 Å². The molecule has 0 aliphatic heterocycles. The molecule has 3 rings (SSSR count). The lowest BCUT2D eigenvalue weighted by Gasteiger charge is -2.51. The maximum Gasteiger partial charge on any atom is 0.490 e. The highest BCUT2D eigenvalue weighted by Gasteiger charge is 2.68. The highest BCUT2D eigenvalue weighted by Crippen LogP contribution is 2.42. The molecule has 23 N–H and O–H groups in total. The van der Waals surface area contributed by atoms with Crippen molar-refractivity contribution in [1.82, 2.24) is 41.7 Å². The van der Waals surface area contributed by atoms with E-state index in [4.69, 9.17) is 53.8 Å². The highest BCUT2D eigenvalue weighted by atomic mass is 19.4. The van der Waals surface area contributed by atoms with Gasteiger partial charge in [0.25, 0.3) is 11.8 Å². The fourth-order valence-corrected chi connectivity index (χ4v) is 12.2. The van der Waals surface area contributed by atoms with Gasteiger partial charge < -0.3 is 101 Å². The number of hydrogen-bond acceptors (Lipinski definition) is 25. The monoisotopic (exact) mass is 1640 g/mol. The number of benzene rings is 3. The van der Waals surface area contributed by atoms with E-state index in [9.17, 15) is 67.2 Å². The molecule has 646 valence electrons. The van der Waals surface area contributed by atoms with Crippen LogP contribution in [0.2, 0.25) is 0 Å². The second-order valence-electron chi connectivity index (χ2n) is 31.2. The first-order chi connectivity index (χ1) is 53.7. The number of imide groups is 2. The second kappa shape index (κ2) is 46.2. The molecule has 0 saturated carbocycles. The molecule has 0 saturated heterocycles. The van der Waals surface area contributed by atoms with Crippen LogP contribution in [0, 0.1) is 34.5 Å².